The summed E-state index contributed by atoms with van der Waals surface area (Å²) in [5, 5.41) is 0. The van der Waals surface area contributed by atoms with Crippen LogP contribution in [0.5, 0.6) is 0 Å². The molecule has 1 fully saturated rings. The standard InChI is InChI=1S/C25H34N2S2/c1-3-5-7-18-8-10-19(11-9-18)12-13-21-14-22-23(28-21)15-24(29-22)25-26-16-20(6-4-2)17-27-25/h14-19H,3-13H2,1-2H3/t18-,19-. The molecule has 2 nitrogen and oxygen atoms in total. The summed E-state index contributed by atoms with van der Waals surface area (Å²) in [7, 11) is 0. The van der Waals surface area contributed by atoms with Gasteiger partial charge in [0.25, 0.3) is 0 Å². The van der Waals surface area contributed by atoms with Gasteiger partial charge in [0.1, 0.15) is 0 Å². The van der Waals surface area contributed by atoms with Gasteiger partial charge in [-0.15, -0.1) is 22.7 Å². The molecule has 0 amide bonds. The van der Waals surface area contributed by atoms with Crippen molar-refractivity contribution in [1.29, 1.82) is 0 Å². The number of hydrogen-bond acceptors (Lipinski definition) is 4. The second-order valence-corrected chi connectivity index (χ2v) is 11.0. The zero-order valence-electron chi connectivity index (χ0n) is 18.0. The molecule has 0 radical (unpaired) electrons. The van der Waals surface area contributed by atoms with Crippen LogP contribution in [-0.2, 0) is 12.8 Å². The summed E-state index contributed by atoms with van der Waals surface area (Å²) in [4.78, 5) is 11.9. The van der Waals surface area contributed by atoms with Crippen LogP contribution in [0, 0.1) is 11.8 Å². The van der Waals surface area contributed by atoms with Gasteiger partial charge < -0.3 is 0 Å². The van der Waals surface area contributed by atoms with Gasteiger partial charge in [-0.1, -0.05) is 65.2 Å². The maximum atomic E-state index is 4.59. The van der Waals surface area contributed by atoms with Gasteiger partial charge in [0, 0.05) is 26.7 Å². The molecule has 156 valence electrons. The number of fused-ring (bicyclic) bond motifs is 1. The zero-order valence-corrected chi connectivity index (χ0v) is 19.6. The summed E-state index contributed by atoms with van der Waals surface area (Å²) in [6.45, 7) is 4.51. The average molecular weight is 427 g/mol. The van der Waals surface area contributed by atoms with Crippen LogP contribution in [0.4, 0.5) is 0 Å². The molecular weight excluding hydrogens is 392 g/mol. The van der Waals surface area contributed by atoms with E-state index in [2.05, 4.69) is 35.9 Å². The first-order valence-electron chi connectivity index (χ1n) is 11.6. The van der Waals surface area contributed by atoms with E-state index < -0.39 is 0 Å². The van der Waals surface area contributed by atoms with Crippen molar-refractivity contribution < 1.29 is 0 Å². The summed E-state index contributed by atoms with van der Waals surface area (Å²) in [6.07, 6.45) is 18.9. The summed E-state index contributed by atoms with van der Waals surface area (Å²) >= 11 is 3.82. The van der Waals surface area contributed by atoms with E-state index in [-0.39, 0.29) is 0 Å². The molecule has 4 heteroatoms. The van der Waals surface area contributed by atoms with Crippen molar-refractivity contribution in [3.63, 3.8) is 0 Å². The Morgan fingerprint density at radius 1 is 0.828 bits per heavy atom. The second kappa shape index (κ2) is 10.2. The topological polar surface area (TPSA) is 25.8 Å². The van der Waals surface area contributed by atoms with Crippen LogP contribution in [0.3, 0.4) is 0 Å². The van der Waals surface area contributed by atoms with Gasteiger partial charge >= 0.3 is 0 Å². The SMILES string of the molecule is CCCC[C@H]1CC[C@H](CCc2cc3sc(-c4ncc(CCC)cn4)cc3s2)CC1. The molecular formula is C25H34N2S2. The summed E-state index contributed by atoms with van der Waals surface area (Å²) in [6, 6.07) is 4.72. The second-order valence-electron chi connectivity index (χ2n) is 8.78. The lowest BCUT2D eigenvalue weighted by molar-refractivity contribution is 0.250. The van der Waals surface area contributed by atoms with E-state index in [0.717, 1.165) is 30.5 Å². The summed E-state index contributed by atoms with van der Waals surface area (Å²) in [5.74, 6) is 2.85. The van der Waals surface area contributed by atoms with Gasteiger partial charge in [-0.05, 0) is 48.8 Å². The third-order valence-electron chi connectivity index (χ3n) is 6.45. The molecule has 0 unspecified atom stereocenters. The monoisotopic (exact) mass is 426 g/mol. The molecule has 3 aromatic rings. The molecule has 1 saturated carbocycles. The third-order valence-corrected chi connectivity index (χ3v) is 8.80. The van der Waals surface area contributed by atoms with Crippen LogP contribution in [0.1, 0.15) is 82.1 Å². The van der Waals surface area contributed by atoms with Crippen LogP contribution in [-0.4, -0.2) is 9.97 Å². The van der Waals surface area contributed by atoms with Gasteiger partial charge in [0.15, 0.2) is 5.82 Å². The molecule has 0 atom stereocenters. The predicted octanol–water partition coefficient (Wildman–Crippen LogP) is 8.30. The molecule has 0 aliphatic heterocycles. The van der Waals surface area contributed by atoms with Crippen molar-refractivity contribution in [2.45, 2.75) is 84.5 Å². The lowest BCUT2D eigenvalue weighted by atomic mass is 9.78. The van der Waals surface area contributed by atoms with E-state index >= 15 is 0 Å². The van der Waals surface area contributed by atoms with Gasteiger partial charge in [0.05, 0.1) is 4.88 Å². The van der Waals surface area contributed by atoms with Crippen molar-refractivity contribution in [3.05, 3.63) is 35.0 Å². The average Bonchev–Trinajstić information content (AvgIpc) is 3.31. The number of nitrogens with zero attached hydrogens (tertiary/aromatic N) is 2. The van der Waals surface area contributed by atoms with Gasteiger partial charge in [-0.2, -0.15) is 0 Å². The number of unbranched alkanes of at least 4 members (excludes halogenated alkanes) is 1. The van der Waals surface area contributed by atoms with Crippen LogP contribution in [0.2, 0.25) is 0 Å². The third kappa shape index (κ3) is 5.46. The normalized spacial score (nSPS) is 19.8. The van der Waals surface area contributed by atoms with E-state index in [1.165, 1.54) is 77.6 Å². The van der Waals surface area contributed by atoms with Gasteiger partial charge in [-0.3, -0.25) is 0 Å². The van der Waals surface area contributed by atoms with E-state index in [0.29, 0.717) is 0 Å². The summed E-state index contributed by atoms with van der Waals surface area (Å²) < 4.78 is 2.81. The molecule has 4 rings (SSSR count). The predicted molar refractivity (Wildman–Crippen MR) is 128 cm³/mol. The first-order chi connectivity index (χ1) is 14.2. The number of aromatic nitrogens is 2. The minimum Gasteiger partial charge on any atom is -0.236 e. The highest BCUT2D eigenvalue weighted by molar-refractivity contribution is 7.29. The minimum absolute atomic E-state index is 0.875. The Labute approximate surface area is 183 Å². The zero-order chi connectivity index (χ0) is 20.1. The van der Waals surface area contributed by atoms with Crippen LogP contribution in [0.25, 0.3) is 20.1 Å². The van der Waals surface area contributed by atoms with Crippen molar-refractivity contribution in [2.24, 2.45) is 11.8 Å². The Hall–Kier alpha value is -1.26. The quantitative estimate of drug-likeness (QED) is 0.344. The largest absolute Gasteiger partial charge is 0.236 e. The highest BCUT2D eigenvalue weighted by Gasteiger charge is 2.21. The fraction of sp³-hybridized carbons (Fsp3) is 0.600. The fourth-order valence-electron chi connectivity index (χ4n) is 4.67. The Morgan fingerprint density at radius 3 is 2.17 bits per heavy atom. The molecule has 0 saturated heterocycles. The number of rotatable bonds is 9. The van der Waals surface area contributed by atoms with E-state index in [4.69, 9.17) is 0 Å². The molecule has 3 heterocycles. The van der Waals surface area contributed by atoms with E-state index in [1.807, 2.05) is 35.1 Å². The van der Waals surface area contributed by atoms with Crippen LogP contribution < -0.4 is 0 Å². The molecule has 1 aliphatic carbocycles. The maximum Gasteiger partial charge on any atom is 0.169 e. The molecule has 3 aromatic heterocycles. The van der Waals surface area contributed by atoms with E-state index in [1.54, 1.807) is 4.88 Å². The number of hydrogen-bond donors (Lipinski definition) is 0. The highest BCUT2D eigenvalue weighted by atomic mass is 32.1. The fourth-order valence-corrected chi connectivity index (χ4v) is 7.05. The Bertz CT molecular complexity index is 854. The Balaban J connectivity index is 1.31. The van der Waals surface area contributed by atoms with Gasteiger partial charge in [0.2, 0.25) is 0 Å². The minimum atomic E-state index is 0.875. The smallest absolute Gasteiger partial charge is 0.169 e. The number of thiophene rings is 2. The Kier molecular flexibility index (Phi) is 7.36. The first kappa shape index (κ1) is 21.0. The van der Waals surface area contributed by atoms with Crippen molar-refractivity contribution in [3.8, 4) is 10.7 Å². The first-order valence-corrected chi connectivity index (χ1v) is 13.2. The molecule has 0 spiro atoms. The van der Waals surface area contributed by atoms with Gasteiger partial charge in [-0.25, -0.2) is 9.97 Å². The lowest BCUT2D eigenvalue weighted by Crippen LogP contribution is -2.15. The summed E-state index contributed by atoms with van der Waals surface area (Å²) in [5.41, 5.74) is 1.23. The molecule has 1 aliphatic rings. The lowest BCUT2D eigenvalue weighted by Gasteiger charge is -2.28. The molecule has 29 heavy (non-hydrogen) atoms. The molecule has 0 N–H and O–H groups in total. The Morgan fingerprint density at radius 2 is 1.52 bits per heavy atom. The molecule has 0 bridgehead atoms. The van der Waals surface area contributed by atoms with Crippen molar-refractivity contribution >= 4 is 32.1 Å². The van der Waals surface area contributed by atoms with E-state index in [9.17, 15) is 0 Å². The van der Waals surface area contributed by atoms with Crippen molar-refractivity contribution in [1.82, 2.24) is 9.97 Å². The molecule has 0 aromatic carbocycles. The highest BCUT2D eigenvalue weighted by Crippen LogP contribution is 2.39. The maximum absolute atomic E-state index is 4.59. The van der Waals surface area contributed by atoms with Crippen LogP contribution >= 0.6 is 22.7 Å². The number of aryl methyl sites for hydroxylation is 2. The van der Waals surface area contributed by atoms with Crippen LogP contribution in [0.15, 0.2) is 24.5 Å². The van der Waals surface area contributed by atoms with Crippen molar-refractivity contribution in [2.75, 3.05) is 0 Å².